The summed E-state index contributed by atoms with van der Waals surface area (Å²) in [6.45, 7) is 4.30. The van der Waals surface area contributed by atoms with Crippen molar-refractivity contribution in [1.82, 2.24) is 9.78 Å². The van der Waals surface area contributed by atoms with Gasteiger partial charge in [-0.3, -0.25) is 4.68 Å². The number of nitrogens with zero attached hydrogens (tertiary/aromatic N) is 2. The highest BCUT2D eigenvalue weighted by Gasteiger charge is 2.18. The highest BCUT2D eigenvalue weighted by Crippen LogP contribution is 2.30. The Morgan fingerprint density at radius 1 is 1.33 bits per heavy atom. The lowest BCUT2D eigenvalue weighted by atomic mass is 10.2. The number of hydrogen-bond acceptors (Lipinski definition) is 1. The minimum absolute atomic E-state index is 0.693. The van der Waals surface area contributed by atoms with E-state index in [4.69, 9.17) is 0 Å². The molecule has 0 unspecified atom stereocenters. The fraction of sp³-hybridized carbons (Fsp3) is 0.700. The van der Waals surface area contributed by atoms with Crippen molar-refractivity contribution >= 4 is 0 Å². The van der Waals surface area contributed by atoms with Crippen LogP contribution in [-0.4, -0.2) is 9.78 Å². The normalized spacial score (nSPS) is 18.8. The quantitative estimate of drug-likeness (QED) is 0.624. The Hall–Kier alpha value is -0.790. The van der Waals surface area contributed by atoms with Gasteiger partial charge in [0.15, 0.2) is 0 Å². The average molecular weight is 164 g/mol. The SMILES string of the molecule is Cc1cnn(C2CCCC2)c1C. The number of rotatable bonds is 1. The van der Waals surface area contributed by atoms with Crippen molar-refractivity contribution in [1.29, 1.82) is 0 Å². The van der Waals surface area contributed by atoms with Gasteiger partial charge in [0.05, 0.1) is 12.2 Å². The molecule has 2 rings (SSSR count). The standard InChI is InChI=1S/C10H16N2/c1-8-7-11-12(9(8)2)10-5-3-4-6-10/h7,10H,3-6H2,1-2H3. The molecule has 2 nitrogen and oxygen atoms in total. The Balaban J connectivity index is 2.26. The van der Waals surface area contributed by atoms with Gasteiger partial charge in [0, 0.05) is 5.69 Å². The summed E-state index contributed by atoms with van der Waals surface area (Å²) in [6.07, 6.45) is 7.38. The minimum atomic E-state index is 0.693. The summed E-state index contributed by atoms with van der Waals surface area (Å²) in [5, 5.41) is 4.41. The Morgan fingerprint density at radius 2 is 2.00 bits per heavy atom. The van der Waals surface area contributed by atoms with Gasteiger partial charge < -0.3 is 0 Å². The van der Waals surface area contributed by atoms with E-state index in [-0.39, 0.29) is 0 Å². The van der Waals surface area contributed by atoms with Crippen molar-refractivity contribution in [2.45, 2.75) is 45.6 Å². The Morgan fingerprint density at radius 3 is 2.50 bits per heavy atom. The van der Waals surface area contributed by atoms with E-state index in [1.165, 1.54) is 36.9 Å². The van der Waals surface area contributed by atoms with Crippen LogP contribution in [0.5, 0.6) is 0 Å². The lowest BCUT2D eigenvalue weighted by Crippen LogP contribution is -2.08. The minimum Gasteiger partial charge on any atom is -0.267 e. The summed E-state index contributed by atoms with van der Waals surface area (Å²) < 4.78 is 2.21. The maximum Gasteiger partial charge on any atom is 0.0522 e. The van der Waals surface area contributed by atoms with E-state index in [1.807, 2.05) is 6.20 Å². The first-order valence-electron chi connectivity index (χ1n) is 4.80. The monoisotopic (exact) mass is 164 g/mol. The van der Waals surface area contributed by atoms with Crippen molar-refractivity contribution < 1.29 is 0 Å². The van der Waals surface area contributed by atoms with Crippen molar-refractivity contribution in [3.05, 3.63) is 17.5 Å². The van der Waals surface area contributed by atoms with Gasteiger partial charge in [-0.25, -0.2) is 0 Å². The third kappa shape index (κ3) is 1.15. The molecule has 0 spiro atoms. The van der Waals surface area contributed by atoms with Crippen LogP contribution in [-0.2, 0) is 0 Å². The molecular weight excluding hydrogens is 148 g/mol. The summed E-state index contributed by atoms with van der Waals surface area (Å²) >= 11 is 0. The summed E-state index contributed by atoms with van der Waals surface area (Å²) in [5.74, 6) is 0. The smallest absolute Gasteiger partial charge is 0.0522 e. The van der Waals surface area contributed by atoms with Crippen LogP contribution in [0.25, 0.3) is 0 Å². The predicted molar refractivity (Wildman–Crippen MR) is 49.2 cm³/mol. The van der Waals surface area contributed by atoms with E-state index >= 15 is 0 Å². The third-order valence-electron chi connectivity index (χ3n) is 2.96. The molecule has 0 aliphatic heterocycles. The van der Waals surface area contributed by atoms with E-state index in [0.717, 1.165) is 0 Å². The van der Waals surface area contributed by atoms with E-state index < -0.39 is 0 Å². The first-order chi connectivity index (χ1) is 5.79. The Labute approximate surface area is 73.6 Å². The molecule has 0 amide bonds. The Kier molecular flexibility index (Phi) is 1.91. The van der Waals surface area contributed by atoms with E-state index in [1.54, 1.807) is 0 Å². The molecule has 0 N–H and O–H groups in total. The van der Waals surface area contributed by atoms with Crippen LogP contribution < -0.4 is 0 Å². The zero-order valence-corrected chi connectivity index (χ0v) is 7.88. The zero-order chi connectivity index (χ0) is 8.55. The second-order valence-corrected chi connectivity index (χ2v) is 3.80. The van der Waals surface area contributed by atoms with Crippen LogP contribution in [0.3, 0.4) is 0 Å². The first-order valence-corrected chi connectivity index (χ1v) is 4.80. The topological polar surface area (TPSA) is 17.8 Å². The molecule has 1 aromatic rings. The molecule has 0 saturated heterocycles. The molecule has 2 heteroatoms. The third-order valence-corrected chi connectivity index (χ3v) is 2.96. The van der Waals surface area contributed by atoms with Crippen molar-refractivity contribution in [2.24, 2.45) is 0 Å². The van der Waals surface area contributed by atoms with Crippen LogP contribution >= 0.6 is 0 Å². The molecule has 12 heavy (non-hydrogen) atoms. The molecule has 1 fully saturated rings. The molecule has 1 saturated carbocycles. The molecule has 1 heterocycles. The van der Waals surface area contributed by atoms with Gasteiger partial charge in [0.1, 0.15) is 0 Å². The average Bonchev–Trinajstić information content (AvgIpc) is 2.64. The van der Waals surface area contributed by atoms with Gasteiger partial charge in [-0.05, 0) is 32.3 Å². The second kappa shape index (κ2) is 2.92. The molecule has 0 atom stereocenters. The molecular formula is C10H16N2. The predicted octanol–water partition coefficient (Wildman–Crippen LogP) is 2.62. The number of aromatic nitrogens is 2. The molecule has 1 aliphatic rings. The van der Waals surface area contributed by atoms with E-state index in [9.17, 15) is 0 Å². The molecule has 1 aromatic heterocycles. The van der Waals surface area contributed by atoms with Crippen molar-refractivity contribution in [2.75, 3.05) is 0 Å². The van der Waals surface area contributed by atoms with E-state index in [0.29, 0.717) is 6.04 Å². The van der Waals surface area contributed by atoms with Crippen molar-refractivity contribution in [3.63, 3.8) is 0 Å². The Bertz CT molecular complexity index is 269. The van der Waals surface area contributed by atoms with Crippen molar-refractivity contribution in [3.8, 4) is 0 Å². The van der Waals surface area contributed by atoms with Gasteiger partial charge in [-0.2, -0.15) is 5.10 Å². The first kappa shape index (κ1) is 7.84. The van der Waals surface area contributed by atoms with Gasteiger partial charge in [-0.1, -0.05) is 12.8 Å². The largest absolute Gasteiger partial charge is 0.267 e. The number of hydrogen-bond donors (Lipinski definition) is 0. The molecule has 0 bridgehead atoms. The highest BCUT2D eigenvalue weighted by atomic mass is 15.3. The van der Waals surface area contributed by atoms with Crippen LogP contribution in [0.4, 0.5) is 0 Å². The van der Waals surface area contributed by atoms with Crippen LogP contribution in [0.2, 0.25) is 0 Å². The fourth-order valence-electron chi connectivity index (χ4n) is 2.03. The van der Waals surface area contributed by atoms with Crippen LogP contribution in [0.1, 0.15) is 43.0 Å². The summed E-state index contributed by atoms with van der Waals surface area (Å²) in [4.78, 5) is 0. The maximum atomic E-state index is 4.41. The lowest BCUT2D eigenvalue weighted by Gasteiger charge is -2.11. The summed E-state index contributed by atoms with van der Waals surface area (Å²) in [5.41, 5.74) is 2.67. The van der Waals surface area contributed by atoms with Gasteiger partial charge in [-0.15, -0.1) is 0 Å². The van der Waals surface area contributed by atoms with Gasteiger partial charge in [0.25, 0.3) is 0 Å². The zero-order valence-electron chi connectivity index (χ0n) is 7.88. The molecule has 0 radical (unpaired) electrons. The van der Waals surface area contributed by atoms with Gasteiger partial charge in [0.2, 0.25) is 0 Å². The van der Waals surface area contributed by atoms with E-state index in [2.05, 4.69) is 23.6 Å². The molecule has 0 aromatic carbocycles. The van der Waals surface area contributed by atoms with Crippen LogP contribution in [0, 0.1) is 13.8 Å². The van der Waals surface area contributed by atoms with Crippen LogP contribution in [0.15, 0.2) is 6.20 Å². The second-order valence-electron chi connectivity index (χ2n) is 3.80. The maximum absolute atomic E-state index is 4.41. The summed E-state index contributed by atoms with van der Waals surface area (Å²) in [6, 6.07) is 0.693. The summed E-state index contributed by atoms with van der Waals surface area (Å²) in [7, 11) is 0. The molecule has 1 aliphatic carbocycles. The fourth-order valence-corrected chi connectivity index (χ4v) is 2.03. The molecule has 66 valence electrons. The lowest BCUT2D eigenvalue weighted by molar-refractivity contribution is 0.456. The number of aryl methyl sites for hydroxylation is 1. The van der Waals surface area contributed by atoms with Gasteiger partial charge >= 0.3 is 0 Å². The highest BCUT2D eigenvalue weighted by molar-refractivity contribution is 5.14.